The lowest BCUT2D eigenvalue weighted by Crippen LogP contribution is -2.09. The molecule has 1 aromatic heterocycles. The van der Waals surface area contributed by atoms with Gasteiger partial charge in [-0.1, -0.05) is 11.8 Å². The van der Waals surface area contributed by atoms with E-state index in [1.165, 1.54) is 32.3 Å². The molecule has 8 heteroatoms. The molecule has 0 saturated carbocycles. The number of ether oxygens (including phenoxy) is 2. The number of nitrogens with one attached hydrogen (secondary N) is 2. The second-order valence-electron chi connectivity index (χ2n) is 2.43. The zero-order valence-corrected chi connectivity index (χ0v) is 12.3. The van der Waals surface area contributed by atoms with Crippen LogP contribution in [-0.2, 0) is 0 Å². The largest absolute Gasteiger partial charge is 0.479 e. The van der Waals surface area contributed by atoms with Crippen LogP contribution in [-0.4, -0.2) is 35.6 Å². The third-order valence-electron chi connectivity index (χ3n) is 1.61. The summed E-state index contributed by atoms with van der Waals surface area (Å²) in [6, 6.07) is 0. The van der Waals surface area contributed by atoms with Gasteiger partial charge >= 0.3 is 0 Å². The van der Waals surface area contributed by atoms with E-state index in [1.54, 1.807) is 6.26 Å². The lowest BCUT2D eigenvalue weighted by Gasteiger charge is -2.11. The van der Waals surface area contributed by atoms with Crippen LogP contribution in [0.3, 0.4) is 0 Å². The summed E-state index contributed by atoms with van der Waals surface area (Å²) < 4.78 is 10.1. The molecule has 1 heterocycles. The Hall–Kier alpha value is -0.770. The average Bonchev–Trinajstić information content (AvgIpc) is 2.29. The van der Waals surface area contributed by atoms with E-state index in [1.807, 2.05) is 0 Å². The number of methoxy groups -OCH3 is 2. The van der Waals surface area contributed by atoms with E-state index >= 15 is 0 Å². The van der Waals surface area contributed by atoms with Crippen molar-refractivity contribution in [1.29, 1.82) is 5.41 Å². The number of thioether (sulfide) groups is 1. The van der Waals surface area contributed by atoms with Crippen LogP contribution in [0.2, 0.25) is 0 Å². The highest BCUT2D eigenvalue weighted by Gasteiger charge is 2.13. The average molecular weight is 356 g/mol. The number of anilines is 1. The maximum Gasteiger partial charge on any atom is 0.244 e. The fourth-order valence-electron chi connectivity index (χ4n) is 0.935. The molecule has 90 valence electrons. The van der Waals surface area contributed by atoms with Crippen LogP contribution < -0.4 is 14.8 Å². The Balaban J connectivity index is 0.00000225. The van der Waals surface area contributed by atoms with Gasteiger partial charge in [-0.3, -0.25) is 5.41 Å². The van der Waals surface area contributed by atoms with Crippen molar-refractivity contribution >= 4 is 46.6 Å². The van der Waals surface area contributed by atoms with Gasteiger partial charge in [-0.15, -0.1) is 24.0 Å². The van der Waals surface area contributed by atoms with Gasteiger partial charge in [0.25, 0.3) is 0 Å². The quantitative estimate of drug-likeness (QED) is 0.489. The van der Waals surface area contributed by atoms with E-state index in [2.05, 4.69) is 15.3 Å². The number of rotatable bonds is 3. The fraction of sp³-hybridized carbons (Fsp3) is 0.375. The molecule has 0 saturated heterocycles. The molecule has 0 radical (unpaired) electrons. The molecule has 0 amide bonds. The van der Waals surface area contributed by atoms with Gasteiger partial charge in [-0.2, -0.15) is 9.97 Å². The van der Waals surface area contributed by atoms with E-state index < -0.39 is 0 Å². The summed E-state index contributed by atoms with van der Waals surface area (Å²) in [4.78, 5) is 7.82. The SMILES string of the molecule is COc1ncnc(OC)c1NC(=N)SC.I. The van der Waals surface area contributed by atoms with Gasteiger partial charge in [-0.25, -0.2) is 0 Å². The number of nitrogens with zero attached hydrogens (tertiary/aromatic N) is 2. The van der Waals surface area contributed by atoms with Crippen LogP contribution in [0.4, 0.5) is 5.69 Å². The molecule has 1 rings (SSSR count). The summed E-state index contributed by atoms with van der Waals surface area (Å²) in [5, 5.41) is 10.6. The van der Waals surface area contributed by atoms with Gasteiger partial charge in [0.15, 0.2) is 10.9 Å². The summed E-state index contributed by atoms with van der Waals surface area (Å²) in [5.74, 6) is 0.696. The van der Waals surface area contributed by atoms with Crippen molar-refractivity contribution in [3.63, 3.8) is 0 Å². The second kappa shape index (κ2) is 7.49. The van der Waals surface area contributed by atoms with E-state index in [4.69, 9.17) is 14.9 Å². The van der Waals surface area contributed by atoms with Gasteiger partial charge in [0.05, 0.1) is 14.2 Å². The van der Waals surface area contributed by atoms with E-state index in [0.717, 1.165) is 0 Å². The standard InChI is InChI=1S/C8H12N4O2S.HI/c1-13-6-5(12-8(9)15-3)7(14-2)11-4-10-6;/h4H,1-3H3,(H2,9,12);1H. The van der Waals surface area contributed by atoms with Crippen molar-refractivity contribution in [2.24, 2.45) is 0 Å². The van der Waals surface area contributed by atoms with Crippen molar-refractivity contribution in [2.45, 2.75) is 0 Å². The lowest BCUT2D eigenvalue weighted by atomic mass is 10.5. The maximum absolute atomic E-state index is 7.50. The molecule has 0 atom stereocenters. The Bertz CT molecular complexity index is 342. The first-order valence-corrected chi connectivity index (χ1v) is 5.28. The van der Waals surface area contributed by atoms with Crippen LogP contribution in [0.1, 0.15) is 0 Å². The topological polar surface area (TPSA) is 80.1 Å². The Morgan fingerprint density at radius 2 is 1.81 bits per heavy atom. The van der Waals surface area contributed by atoms with Crippen LogP contribution >= 0.6 is 35.7 Å². The van der Waals surface area contributed by atoms with Crippen molar-refractivity contribution in [3.8, 4) is 11.8 Å². The lowest BCUT2D eigenvalue weighted by molar-refractivity contribution is 0.376. The number of hydrogen-bond donors (Lipinski definition) is 2. The van der Waals surface area contributed by atoms with Gasteiger partial charge in [0.1, 0.15) is 6.33 Å². The van der Waals surface area contributed by atoms with Gasteiger partial charge in [0.2, 0.25) is 11.8 Å². The van der Waals surface area contributed by atoms with Gasteiger partial charge in [0, 0.05) is 0 Å². The molecule has 16 heavy (non-hydrogen) atoms. The van der Waals surface area contributed by atoms with Gasteiger partial charge in [-0.05, 0) is 6.26 Å². The van der Waals surface area contributed by atoms with Crippen LogP contribution in [0, 0.1) is 5.41 Å². The van der Waals surface area contributed by atoms with Crippen molar-refractivity contribution in [3.05, 3.63) is 6.33 Å². The number of amidine groups is 1. The minimum Gasteiger partial charge on any atom is -0.479 e. The molecular weight excluding hydrogens is 343 g/mol. The highest BCUT2D eigenvalue weighted by molar-refractivity contribution is 14.0. The molecule has 0 bridgehead atoms. The summed E-state index contributed by atoms with van der Waals surface area (Å²) in [6.45, 7) is 0. The minimum absolute atomic E-state index is 0. The first-order chi connectivity index (χ1) is 7.22. The summed E-state index contributed by atoms with van der Waals surface area (Å²) in [5.41, 5.74) is 0.460. The summed E-state index contributed by atoms with van der Waals surface area (Å²) in [7, 11) is 2.99. The molecule has 6 nitrogen and oxygen atoms in total. The van der Waals surface area contributed by atoms with Crippen molar-refractivity contribution in [1.82, 2.24) is 9.97 Å². The molecule has 0 fully saturated rings. The molecule has 1 aromatic rings. The van der Waals surface area contributed by atoms with Crippen LogP contribution in [0.15, 0.2) is 6.33 Å². The molecular formula is C8H13IN4O2S. The third-order valence-corrected chi connectivity index (χ3v) is 2.12. The monoisotopic (exact) mass is 356 g/mol. The first kappa shape index (κ1) is 15.2. The van der Waals surface area contributed by atoms with Gasteiger partial charge < -0.3 is 14.8 Å². The zero-order valence-electron chi connectivity index (χ0n) is 9.10. The zero-order chi connectivity index (χ0) is 11.3. The number of hydrogen-bond acceptors (Lipinski definition) is 6. The summed E-state index contributed by atoms with van der Waals surface area (Å²) >= 11 is 1.26. The Kier molecular flexibility index (Phi) is 7.13. The smallest absolute Gasteiger partial charge is 0.244 e. The van der Waals surface area contributed by atoms with Crippen LogP contribution in [0.5, 0.6) is 11.8 Å². The Morgan fingerprint density at radius 3 is 2.19 bits per heavy atom. The molecule has 0 aliphatic carbocycles. The van der Waals surface area contributed by atoms with E-state index in [9.17, 15) is 0 Å². The summed E-state index contributed by atoms with van der Waals surface area (Å²) in [6.07, 6.45) is 3.13. The Labute approximate surface area is 115 Å². The third kappa shape index (κ3) is 3.67. The Morgan fingerprint density at radius 1 is 1.31 bits per heavy atom. The molecule has 0 aliphatic heterocycles. The highest BCUT2D eigenvalue weighted by atomic mass is 127. The fourth-order valence-corrected chi connectivity index (χ4v) is 1.14. The molecule has 0 spiro atoms. The number of halogens is 1. The van der Waals surface area contributed by atoms with Crippen molar-refractivity contribution < 1.29 is 9.47 Å². The molecule has 0 aromatic carbocycles. The maximum atomic E-state index is 7.50. The minimum atomic E-state index is 0. The molecule has 2 N–H and O–H groups in total. The molecule has 0 unspecified atom stereocenters. The predicted octanol–water partition coefficient (Wildman–Crippen LogP) is 1.82. The first-order valence-electron chi connectivity index (χ1n) is 4.05. The number of aromatic nitrogens is 2. The predicted molar refractivity (Wildman–Crippen MR) is 75.4 cm³/mol. The normalized spacial score (nSPS) is 8.94. The van der Waals surface area contributed by atoms with E-state index in [-0.39, 0.29) is 29.1 Å². The highest BCUT2D eigenvalue weighted by Crippen LogP contribution is 2.30. The van der Waals surface area contributed by atoms with E-state index in [0.29, 0.717) is 17.4 Å². The second-order valence-corrected chi connectivity index (χ2v) is 3.24. The van der Waals surface area contributed by atoms with Crippen molar-refractivity contribution in [2.75, 3.05) is 25.8 Å². The molecule has 0 aliphatic rings. The van der Waals surface area contributed by atoms with Crippen LogP contribution in [0.25, 0.3) is 0 Å².